The molecule has 4 rings (SSSR count). The number of allylic oxidation sites excluding steroid dienone is 1. The SMILES string of the molecule is CC(=O)O[C@H]1CC[C@@]2(C)C(=CC[C@H]3[C@@H]4CC[C@H]([C@H](C)CCC(N)=O)[C@@]4(C)CC[C@@H]32)C1. The molecule has 0 bridgehead atoms. The van der Waals surface area contributed by atoms with Crippen molar-refractivity contribution in [3.63, 3.8) is 0 Å². The second-order valence-electron chi connectivity index (χ2n) is 11.4. The number of rotatable bonds is 5. The van der Waals surface area contributed by atoms with Crippen LogP contribution >= 0.6 is 0 Å². The van der Waals surface area contributed by atoms with E-state index in [0.29, 0.717) is 17.8 Å². The quantitative estimate of drug-likeness (QED) is 0.483. The third kappa shape index (κ3) is 3.62. The predicted molar refractivity (Wildman–Crippen MR) is 118 cm³/mol. The van der Waals surface area contributed by atoms with Gasteiger partial charge in [-0.3, -0.25) is 9.59 Å². The van der Waals surface area contributed by atoms with Crippen LogP contribution in [0, 0.1) is 40.4 Å². The molecule has 0 aromatic heterocycles. The Hall–Kier alpha value is -1.32. The van der Waals surface area contributed by atoms with E-state index < -0.39 is 0 Å². The highest BCUT2D eigenvalue weighted by Gasteiger charge is 2.59. The van der Waals surface area contributed by atoms with E-state index >= 15 is 0 Å². The maximum Gasteiger partial charge on any atom is 0.302 e. The number of ether oxygens (including phenoxy) is 1. The van der Waals surface area contributed by atoms with E-state index in [2.05, 4.69) is 26.8 Å². The van der Waals surface area contributed by atoms with Gasteiger partial charge in [0.25, 0.3) is 0 Å². The van der Waals surface area contributed by atoms with Crippen molar-refractivity contribution >= 4 is 11.9 Å². The molecule has 3 saturated carbocycles. The van der Waals surface area contributed by atoms with Gasteiger partial charge in [-0.05, 0) is 91.8 Å². The highest BCUT2D eigenvalue weighted by Crippen LogP contribution is 2.67. The summed E-state index contributed by atoms with van der Waals surface area (Å²) in [4.78, 5) is 22.8. The Labute approximate surface area is 182 Å². The second kappa shape index (κ2) is 7.98. The zero-order valence-corrected chi connectivity index (χ0v) is 19.4. The molecule has 1 amide bonds. The Morgan fingerprint density at radius 2 is 1.93 bits per heavy atom. The molecule has 0 heterocycles. The highest BCUT2D eigenvalue weighted by atomic mass is 16.5. The van der Waals surface area contributed by atoms with Gasteiger partial charge in [-0.1, -0.05) is 32.4 Å². The van der Waals surface area contributed by atoms with Crippen molar-refractivity contribution in [1.29, 1.82) is 0 Å². The molecule has 4 nitrogen and oxygen atoms in total. The van der Waals surface area contributed by atoms with Crippen molar-refractivity contribution < 1.29 is 14.3 Å². The Kier molecular flexibility index (Phi) is 5.83. The second-order valence-corrected chi connectivity index (χ2v) is 11.4. The fourth-order valence-corrected chi connectivity index (χ4v) is 8.51. The summed E-state index contributed by atoms with van der Waals surface area (Å²) in [7, 11) is 0. The molecule has 30 heavy (non-hydrogen) atoms. The molecular formula is C26H41NO3. The fraction of sp³-hybridized carbons (Fsp3) is 0.846. The lowest BCUT2D eigenvalue weighted by Crippen LogP contribution is -2.51. The number of esters is 1. The van der Waals surface area contributed by atoms with Crippen LogP contribution in [0.1, 0.15) is 91.9 Å². The van der Waals surface area contributed by atoms with E-state index in [1.165, 1.54) is 39.0 Å². The summed E-state index contributed by atoms with van der Waals surface area (Å²) in [5.41, 5.74) is 7.70. The minimum atomic E-state index is -0.160. The number of fused-ring (bicyclic) bond motifs is 5. The van der Waals surface area contributed by atoms with E-state index in [1.807, 2.05) is 0 Å². The molecular weight excluding hydrogens is 374 g/mol. The Morgan fingerprint density at radius 3 is 2.63 bits per heavy atom. The first-order valence-electron chi connectivity index (χ1n) is 12.3. The van der Waals surface area contributed by atoms with E-state index in [4.69, 9.17) is 10.5 Å². The normalized spacial score (nSPS) is 43.6. The third-order valence-corrected chi connectivity index (χ3v) is 10.00. The summed E-state index contributed by atoms with van der Waals surface area (Å²) < 4.78 is 5.57. The maximum absolute atomic E-state index is 11.4. The molecule has 4 aliphatic carbocycles. The summed E-state index contributed by atoms with van der Waals surface area (Å²) in [6.07, 6.45) is 13.7. The maximum atomic E-state index is 11.4. The summed E-state index contributed by atoms with van der Waals surface area (Å²) in [6.45, 7) is 8.95. The summed E-state index contributed by atoms with van der Waals surface area (Å²) >= 11 is 0. The van der Waals surface area contributed by atoms with Crippen LogP contribution in [0.4, 0.5) is 0 Å². The Balaban J connectivity index is 1.51. The number of primary amides is 1. The first-order valence-corrected chi connectivity index (χ1v) is 12.3. The lowest BCUT2D eigenvalue weighted by molar-refractivity contribution is -0.148. The van der Waals surface area contributed by atoms with Crippen molar-refractivity contribution in [1.82, 2.24) is 0 Å². The van der Waals surface area contributed by atoms with Gasteiger partial charge in [-0.2, -0.15) is 0 Å². The lowest BCUT2D eigenvalue weighted by Gasteiger charge is -2.58. The van der Waals surface area contributed by atoms with Gasteiger partial charge in [0.1, 0.15) is 6.10 Å². The van der Waals surface area contributed by atoms with Crippen LogP contribution in [0.25, 0.3) is 0 Å². The van der Waals surface area contributed by atoms with Gasteiger partial charge in [0.2, 0.25) is 5.91 Å². The number of carbonyl (C=O) groups excluding carboxylic acids is 2. The Morgan fingerprint density at radius 1 is 1.17 bits per heavy atom. The molecule has 0 aromatic rings. The minimum Gasteiger partial charge on any atom is -0.462 e. The molecule has 3 fully saturated rings. The standard InChI is InChI=1S/C26H41NO3/c1-16(5-10-24(27)29)21-8-9-22-20-7-6-18-15-19(30-17(2)28)11-13-25(18,3)23(20)12-14-26(21,22)4/h6,16,19-23H,5,7-15H2,1-4H3,(H2,27,29)/t16-,19+,20+,21-,22+,23+,25+,26-/m1/s1. The third-order valence-electron chi connectivity index (χ3n) is 10.00. The van der Waals surface area contributed by atoms with Gasteiger partial charge >= 0.3 is 5.97 Å². The predicted octanol–water partition coefficient (Wildman–Crippen LogP) is 5.40. The lowest BCUT2D eigenvalue weighted by atomic mass is 9.47. The van der Waals surface area contributed by atoms with Crippen molar-refractivity contribution in [3.05, 3.63) is 11.6 Å². The molecule has 0 aliphatic heterocycles. The van der Waals surface area contributed by atoms with Crippen LogP contribution in [-0.4, -0.2) is 18.0 Å². The molecule has 8 atom stereocenters. The fourth-order valence-electron chi connectivity index (χ4n) is 8.51. The number of amides is 1. The number of hydrogen-bond donors (Lipinski definition) is 1. The van der Waals surface area contributed by atoms with E-state index in [1.54, 1.807) is 5.57 Å². The number of nitrogens with two attached hydrogens (primary N) is 1. The van der Waals surface area contributed by atoms with Crippen molar-refractivity contribution in [2.24, 2.45) is 46.2 Å². The van der Waals surface area contributed by atoms with Crippen molar-refractivity contribution in [3.8, 4) is 0 Å². The molecule has 2 N–H and O–H groups in total. The van der Waals surface area contributed by atoms with Gasteiger partial charge in [0.15, 0.2) is 0 Å². The van der Waals surface area contributed by atoms with Crippen LogP contribution in [0.2, 0.25) is 0 Å². The van der Waals surface area contributed by atoms with Crippen LogP contribution in [0.5, 0.6) is 0 Å². The van der Waals surface area contributed by atoms with Crippen molar-refractivity contribution in [2.45, 2.75) is 98.0 Å². The summed E-state index contributed by atoms with van der Waals surface area (Å²) in [5.74, 6) is 3.36. The number of hydrogen-bond acceptors (Lipinski definition) is 3. The molecule has 168 valence electrons. The van der Waals surface area contributed by atoms with E-state index in [-0.39, 0.29) is 23.4 Å². The van der Waals surface area contributed by atoms with E-state index in [9.17, 15) is 9.59 Å². The van der Waals surface area contributed by atoms with Gasteiger partial charge in [0, 0.05) is 19.8 Å². The topological polar surface area (TPSA) is 69.4 Å². The molecule has 0 radical (unpaired) electrons. The van der Waals surface area contributed by atoms with Crippen LogP contribution in [0.15, 0.2) is 11.6 Å². The van der Waals surface area contributed by atoms with Crippen molar-refractivity contribution in [2.75, 3.05) is 0 Å². The summed E-state index contributed by atoms with van der Waals surface area (Å²) in [5, 5.41) is 0. The minimum absolute atomic E-state index is 0.0780. The summed E-state index contributed by atoms with van der Waals surface area (Å²) in [6, 6.07) is 0. The van der Waals surface area contributed by atoms with Gasteiger partial charge in [0.05, 0.1) is 0 Å². The number of carbonyl (C=O) groups is 2. The van der Waals surface area contributed by atoms with Crippen LogP contribution < -0.4 is 5.73 Å². The molecule has 4 heteroatoms. The molecule has 0 spiro atoms. The average molecular weight is 416 g/mol. The average Bonchev–Trinajstić information content (AvgIpc) is 3.03. The van der Waals surface area contributed by atoms with Gasteiger partial charge < -0.3 is 10.5 Å². The zero-order valence-electron chi connectivity index (χ0n) is 19.4. The monoisotopic (exact) mass is 415 g/mol. The Bertz CT molecular complexity index is 730. The largest absolute Gasteiger partial charge is 0.462 e. The van der Waals surface area contributed by atoms with Crippen LogP contribution in [-0.2, 0) is 14.3 Å². The van der Waals surface area contributed by atoms with Gasteiger partial charge in [-0.25, -0.2) is 0 Å². The molecule has 4 aliphatic rings. The van der Waals surface area contributed by atoms with E-state index in [0.717, 1.165) is 49.4 Å². The first kappa shape index (κ1) is 21.9. The molecule has 0 aromatic carbocycles. The highest BCUT2D eigenvalue weighted by molar-refractivity contribution is 5.73. The van der Waals surface area contributed by atoms with Crippen LogP contribution in [0.3, 0.4) is 0 Å². The van der Waals surface area contributed by atoms with Gasteiger partial charge in [-0.15, -0.1) is 0 Å². The molecule has 0 unspecified atom stereocenters. The zero-order chi connectivity index (χ0) is 21.7. The smallest absolute Gasteiger partial charge is 0.302 e. The first-order chi connectivity index (χ1) is 14.1. The molecule has 0 saturated heterocycles.